The van der Waals surface area contributed by atoms with Gasteiger partial charge in [0.25, 0.3) is 5.91 Å². The topological polar surface area (TPSA) is 119 Å². The second-order valence-corrected chi connectivity index (χ2v) is 7.70. The van der Waals surface area contributed by atoms with Crippen LogP contribution in [-0.2, 0) is 19.1 Å². The van der Waals surface area contributed by atoms with Crippen molar-refractivity contribution in [2.45, 2.75) is 26.1 Å². The first-order valence-corrected chi connectivity index (χ1v) is 10.5. The first kappa shape index (κ1) is 25.1. The van der Waals surface area contributed by atoms with Crippen molar-refractivity contribution in [3.63, 3.8) is 0 Å². The van der Waals surface area contributed by atoms with Gasteiger partial charge in [0.05, 0.1) is 16.8 Å². The number of carbonyl (C=O) groups excluding carboxylic acids is 3. The number of carbonyl (C=O) groups is 4. The van der Waals surface area contributed by atoms with E-state index in [9.17, 15) is 28.7 Å². The van der Waals surface area contributed by atoms with Crippen LogP contribution in [0.3, 0.4) is 0 Å². The Morgan fingerprint density at radius 2 is 1.29 bits per heavy atom. The molecule has 0 bridgehead atoms. The summed E-state index contributed by atoms with van der Waals surface area (Å²) >= 11 is 0. The average molecular weight is 479 g/mol. The number of esters is 2. The van der Waals surface area contributed by atoms with Gasteiger partial charge in [0.2, 0.25) is 12.2 Å². The van der Waals surface area contributed by atoms with Crippen LogP contribution in [0.1, 0.15) is 31.8 Å². The highest BCUT2D eigenvalue weighted by Gasteiger charge is 2.41. The number of amides is 1. The maximum absolute atomic E-state index is 14.1. The highest BCUT2D eigenvalue weighted by atomic mass is 19.1. The fourth-order valence-corrected chi connectivity index (χ4v) is 3.17. The lowest BCUT2D eigenvalue weighted by molar-refractivity contribution is -0.157. The normalized spacial score (nSPS) is 12.2. The quantitative estimate of drug-likeness (QED) is 0.470. The highest BCUT2D eigenvalue weighted by molar-refractivity contribution is 6.01. The van der Waals surface area contributed by atoms with E-state index in [0.717, 1.165) is 6.07 Å². The summed E-state index contributed by atoms with van der Waals surface area (Å²) < 4.78 is 24.4. The van der Waals surface area contributed by atoms with E-state index in [4.69, 9.17) is 9.47 Å². The monoisotopic (exact) mass is 479 g/mol. The van der Waals surface area contributed by atoms with Crippen molar-refractivity contribution in [2.24, 2.45) is 0 Å². The number of aryl methyl sites for hydroxylation is 2. The Kier molecular flexibility index (Phi) is 7.93. The van der Waals surface area contributed by atoms with Gasteiger partial charge in [-0.3, -0.25) is 4.79 Å². The summed E-state index contributed by atoms with van der Waals surface area (Å²) in [6.45, 7) is 3.45. The van der Waals surface area contributed by atoms with Gasteiger partial charge >= 0.3 is 17.9 Å². The predicted octanol–water partition coefficient (Wildman–Crippen LogP) is 3.92. The molecule has 180 valence electrons. The number of benzene rings is 3. The molecule has 3 aromatic carbocycles. The van der Waals surface area contributed by atoms with Crippen LogP contribution in [-0.4, -0.2) is 41.1 Å². The molecule has 3 rings (SSSR count). The molecule has 0 spiro atoms. The SMILES string of the molecule is Cc1cccc(C(=O)O[C@H](C(=O)O)[C@@H](OC(=O)c2cccc(C)c2)C(=O)Nc2ccccc2F)c1. The highest BCUT2D eigenvalue weighted by Crippen LogP contribution is 2.18. The van der Waals surface area contributed by atoms with Crippen molar-refractivity contribution in [1.82, 2.24) is 0 Å². The van der Waals surface area contributed by atoms with Gasteiger partial charge < -0.3 is 19.9 Å². The van der Waals surface area contributed by atoms with Crippen LogP contribution in [0, 0.1) is 19.7 Å². The van der Waals surface area contributed by atoms with E-state index >= 15 is 0 Å². The summed E-state index contributed by atoms with van der Waals surface area (Å²) in [5, 5.41) is 12.0. The molecular formula is C26H22FNO7. The molecule has 0 radical (unpaired) electrons. The molecule has 9 heteroatoms. The summed E-state index contributed by atoms with van der Waals surface area (Å²) in [6.07, 6.45) is -4.35. The molecule has 0 saturated carbocycles. The van der Waals surface area contributed by atoms with Gasteiger partial charge in [0.15, 0.2) is 0 Å². The average Bonchev–Trinajstić information content (AvgIpc) is 2.82. The molecular weight excluding hydrogens is 457 g/mol. The van der Waals surface area contributed by atoms with Crippen LogP contribution in [0.2, 0.25) is 0 Å². The minimum Gasteiger partial charge on any atom is -0.478 e. The number of carboxylic acid groups (broad SMARTS) is 1. The Balaban J connectivity index is 1.93. The van der Waals surface area contributed by atoms with Crippen LogP contribution < -0.4 is 5.32 Å². The lowest BCUT2D eigenvalue weighted by Crippen LogP contribution is -2.48. The Bertz CT molecular complexity index is 1270. The minimum atomic E-state index is -2.22. The number of carboxylic acids is 1. The number of para-hydroxylation sites is 1. The second kappa shape index (κ2) is 11.1. The van der Waals surface area contributed by atoms with Crippen LogP contribution >= 0.6 is 0 Å². The molecule has 0 saturated heterocycles. The molecule has 1 amide bonds. The van der Waals surface area contributed by atoms with E-state index < -0.39 is 41.8 Å². The molecule has 35 heavy (non-hydrogen) atoms. The van der Waals surface area contributed by atoms with Crippen molar-refractivity contribution in [2.75, 3.05) is 5.32 Å². The number of aliphatic carboxylic acids is 1. The number of hydrogen-bond donors (Lipinski definition) is 2. The molecule has 2 atom stereocenters. The standard InChI is InChI=1S/C26H22FNO7/c1-15-7-5-9-17(13-15)25(32)34-21(23(29)28-20-12-4-3-11-19(20)27)22(24(30)31)35-26(33)18-10-6-8-16(2)14-18/h3-14,21-22H,1-2H3,(H,28,29)(H,30,31)/t21-,22+/m1/s1. The Morgan fingerprint density at radius 3 is 1.77 bits per heavy atom. The van der Waals surface area contributed by atoms with E-state index in [1.54, 1.807) is 38.1 Å². The van der Waals surface area contributed by atoms with E-state index in [2.05, 4.69) is 5.32 Å². The molecule has 2 N–H and O–H groups in total. The Labute approximate surface area is 200 Å². The lowest BCUT2D eigenvalue weighted by Gasteiger charge is -2.23. The zero-order valence-electron chi connectivity index (χ0n) is 18.9. The maximum Gasteiger partial charge on any atom is 0.349 e. The number of ether oxygens (including phenoxy) is 2. The maximum atomic E-state index is 14.1. The van der Waals surface area contributed by atoms with E-state index in [1.807, 2.05) is 0 Å². The third-order valence-electron chi connectivity index (χ3n) is 4.88. The largest absolute Gasteiger partial charge is 0.478 e. The van der Waals surface area contributed by atoms with Gasteiger partial charge in [-0.25, -0.2) is 18.8 Å². The van der Waals surface area contributed by atoms with Gasteiger partial charge in [0.1, 0.15) is 5.82 Å². The van der Waals surface area contributed by atoms with Gasteiger partial charge in [-0.15, -0.1) is 0 Å². The van der Waals surface area contributed by atoms with Crippen LogP contribution in [0.25, 0.3) is 0 Å². The zero-order chi connectivity index (χ0) is 25.5. The molecule has 0 aliphatic heterocycles. The number of nitrogens with one attached hydrogen (secondary N) is 1. The molecule has 0 fully saturated rings. The third-order valence-corrected chi connectivity index (χ3v) is 4.88. The molecule has 0 aromatic heterocycles. The van der Waals surface area contributed by atoms with Crippen molar-refractivity contribution in [3.05, 3.63) is 101 Å². The smallest absolute Gasteiger partial charge is 0.349 e. The van der Waals surface area contributed by atoms with E-state index in [0.29, 0.717) is 11.1 Å². The van der Waals surface area contributed by atoms with Gasteiger partial charge in [0, 0.05) is 0 Å². The minimum absolute atomic E-state index is 0.0366. The lowest BCUT2D eigenvalue weighted by atomic mass is 10.1. The molecule has 8 nitrogen and oxygen atoms in total. The Morgan fingerprint density at radius 1 is 0.771 bits per heavy atom. The molecule has 0 aliphatic carbocycles. The summed E-state index contributed by atoms with van der Waals surface area (Å²) in [5.41, 5.74) is 1.24. The Hall–Kier alpha value is -4.53. The van der Waals surface area contributed by atoms with Crippen molar-refractivity contribution < 1.29 is 38.1 Å². The predicted molar refractivity (Wildman–Crippen MR) is 123 cm³/mol. The summed E-state index contributed by atoms with van der Waals surface area (Å²) in [4.78, 5) is 50.4. The number of anilines is 1. The van der Waals surface area contributed by atoms with E-state index in [-0.39, 0.29) is 16.8 Å². The van der Waals surface area contributed by atoms with Crippen molar-refractivity contribution in [3.8, 4) is 0 Å². The molecule has 3 aromatic rings. The van der Waals surface area contributed by atoms with Crippen LogP contribution in [0.4, 0.5) is 10.1 Å². The number of halogens is 1. The number of rotatable bonds is 8. The summed E-state index contributed by atoms with van der Waals surface area (Å²) in [7, 11) is 0. The van der Waals surface area contributed by atoms with Crippen LogP contribution in [0.15, 0.2) is 72.8 Å². The van der Waals surface area contributed by atoms with E-state index in [1.165, 1.54) is 42.5 Å². The first-order valence-electron chi connectivity index (χ1n) is 10.5. The third kappa shape index (κ3) is 6.50. The van der Waals surface area contributed by atoms with Crippen LogP contribution in [0.5, 0.6) is 0 Å². The summed E-state index contributed by atoms with van der Waals surface area (Å²) in [5.74, 6) is -5.80. The van der Waals surface area contributed by atoms with Crippen molar-refractivity contribution in [1.29, 1.82) is 0 Å². The van der Waals surface area contributed by atoms with Gasteiger partial charge in [-0.05, 0) is 50.2 Å². The molecule has 0 heterocycles. The fraction of sp³-hybridized carbons (Fsp3) is 0.154. The number of hydrogen-bond acceptors (Lipinski definition) is 6. The fourth-order valence-electron chi connectivity index (χ4n) is 3.17. The van der Waals surface area contributed by atoms with Gasteiger partial charge in [-0.1, -0.05) is 47.5 Å². The first-order chi connectivity index (χ1) is 16.7. The molecule has 0 unspecified atom stereocenters. The van der Waals surface area contributed by atoms with Crippen molar-refractivity contribution >= 4 is 29.5 Å². The summed E-state index contributed by atoms with van der Waals surface area (Å²) in [6, 6.07) is 17.5. The molecule has 0 aliphatic rings. The van der Waals surface area contributed by atoms with Gasteiger partial charge in [-0.2, -0.15) is 0 Å². The zero-order valence-corrected chi connectivity index (χ0v) is 18.9. The second-order valence-electron chi connectivity index (χ2n) is 7.70.